The number of hydrogen-bond acceptors (Lipinski definition) is 4. The summed E-state index contributed by atoms with van der Waals surface area (Å²) < 4.78 is 0. The molecular formula is C15H19N3OS. The summed E-state index contributed by atoms with van der Waals surface area (Å²) in [6.07, 6.45) is 3.12. The fourth-order valence-corrected chi connectivity index (χ4v) is 2.53. The van der Waals surface area contributed by atoms with E-state index in [0.717, 1.165) is 24.3 Å². The van der Waals surface area contributed by atoms with Gasteiger partial charge in [0.15, 0.2) is 0 Å². The minimum atomic E-state index is 0.0101. The first kappa shape index (κ1) is 14.7. The maximum atomic E-state index is 11.8. The highest BCUT2D eigenvalue weighted by molar-refractivity contribution is 7.15. The molecule has 0 radical (unpaired) electrons. The summed E-state index contributed by atoms with van der Waals surface area (Å²) in [7, 11) is 0. The number of nitrogens with zero attached hydrogens (tertiary/aromatic N) is 2. The van der Waals surface area contributed by atoms with Crippen LogP contribution in [0.3, 0.4) is 0 Å². The highest BCUT2D eigenvalue weighted by Gasteiger charge is 2.07. The van der Waals surface area contributed by atoms with Crippen molar-refractivity contribution in [3.63, 3.8) is 0 Å². The molecule has 0 fully saturated rings. The van der Waals surface area contributed by atoms with Crippen LogP contribution in [-0.2, 0) is 17.6 Å². The van der Waals surface area contributed by atoms with Gasteiger partial charge in [-0.3, -0.25) is 4.79 Å². The molecule has 0 unspecified atom stereocenters. The third kappa shape index (κ3) is 4.42. The number of nitrogens with one attached hydrogen (secondary N) is 1. The molecule has 1 aromatic carbocycles. The number of rotatable bonds is 6. The molecule has 0 atom stereocenters. The Kier molecular flexibility index (Phi) is 5.24. The van der Waals surface area contributed by atoms with Gasteiger partial charge in [0.1, 0.15) is 5.01 Å². The van der Waals surface area contributed by atoms with Crippen LogP contribution in [0.15, 0.2) is 24.3 Å². The van der Waals surface area contributed by atoms with E-state index < -0.39 is 0 Å². The second-order valence-corrected chi connectivity index (χ2v) is 5.80. The molecule has 0 saturated carbocycles. The van der Waals surface area contributed by atoms with Crippen molar-refractivity contribution in [1.29, 1.82) is 0 Å². The average Bonchev–Trinajstić information content (AvgIpc) is 2.88. The summed E-state index contributed by atoms with van der Waals surface area (Å²) >= 11 is 1.44. The molecule has 1 amide bonds. The molecule has 20 heavy (non-hydrogen) atoms. The van der Waals surface area contributed by atoms with Crippen LogP contribution in [0.5, 0.6) is 0 Å². The van der Waals surface area contributed by atoms with E-state index in [9.17, 15) is 4.79 Å². The molecule has 2 aromatic rings. The number of amides is 1. The predicted molar refractivity (Wildman–Crippen MR) is 82.0 cm³/mol. The monoisotopic (exact) mass is 289 g/mol. The van der Waals surface area contributed by atoms with E-state index in [1.807, 2.05) is 6.92 Å². The Morgan fingerprint density at radius 1 is 1.25 bits per heavy atom. The van der Waals surface area contributed by atoms with Gasteiger partial charge in [0.25, 0.3) is 0 Å². The highest BCUT2D eigenvalue weighted by atomic mass is 32.1. The summed E-state index contributed by atoms with van der Waals surface area (Å²) in [4.78, 5) is 11.8. The predicted octanol–water partition coefficient (Wildman–Crippen LogP) is 3.37. The Bertz CT molecular complexity index is 563. The van der Waals surface area contributed by atoms with Gasteiger partial charge in [0.05, 0.1) is 0 Å². The normalized spacial score (nSPS) is 10.5. The van der Waals surface area contributed by atoms with E-state index >= 15 is 0 Å². The molecule has 0 spiro atoms. The highest BCUT2D eigenvalue weighted by Crippen LogP contribution is 2.16. The van der Waals surface area contributed by atoms with E-state index in [-0.39, 0.29) is 5.91 Å². The van der Waals surface area contributed by atoms with Crippen molar-refractivity contribution in [2.75, 3.05) is 5.32 Å². The molecule has 0 saturated heterocycles. The van der Waals surface area contributed by atoms with Gasteiger partial charge < -0.3 is 5.32 Å². The lowest BCUT2D eigenvalue weighted by atomic mass is 10.1. The largest absolute Gasteiger partial charge is 0.301 e. The number of aromatic nitrogens is 2. The van der Waals surface area contributed by atoms with Gasteiger partial charge in [-0.2, -0.15) is 0 Å². The lowest BCUT2D eigenvalue weighted by Crippen LogP contribution is -2.11. The Hall–Kier alpha value is -1.75. The van der Waals surface area contributed by atoms with Gasteiger partial charge in [0, 0.05) is 6.42 Å². The Morgan fingerprint density at radius 2 is 2.00 bits per heavy atom. The fourth-order valence-electron chi connectivity index (χ4n) is 1.84. The maximum Gasteiger partial charge on any atom is 0.226 e. The first-order chi connectivity index (χ1) is 9.67. The second-order valence-electron chi connectivity index (χ2n) is 4.74. The lowest BCUT2D eigenvalue weighted by molar-refractivity contribution is -0.116. The molecule has 1 heterocycles. The topological polar surface area (TPSA) is 54.9 Å². The molecule has 106 valence electrons. The van der Waals surface area contributed by atoms with Crippen molar-refractivity contribution < 1.29 is 4.79 Å². The first-order valence-electron chi connectivity index (χ1n) is 6.85. The van der Waals surface area contributed by atoms with Crippen LogP contribution in [0.25, 0.3) is 0 Å². The quantitative estimate of drug-likeness (QED) is 0.887. The van der Waals surface area contributed by atoms with E-state index in [1.165, 1.54) is 22.5 Å². The zero-order chi connectivity index (χ0) is 14.4. The van der Waals surface area contributed by atoms with Crippen molar-refractivity contribution in [1.82, 2.24) is 10.2 Å². The average molecular weight is 289 g/mol. The first-order valence-corrected chi connectivity index (χ1v) is 7.67. The van der Waals surface area contributed by atoms with Crippen molar-refractivity contribution in [3.05, 3.63) is 40.4 Å². The zero-order valence-corrected chi connectivity index (χ0v) is 12.7. The summed E-state index contributed by atoms with van der Waals surface area (Å²) in [5.74, 6) is 0.0101. The SMILES string of the molecule is CCc1nnc(NC(=O)CCCc2ccc(C)cc2)s1. The number of carbonyl (C=O) groups is 1. The maximum absolute atomic E-state index is 11.8. The van der Waals surface area contributed by atoms with Crippen LogP contribution in [0.4, 0.5) is 5.13 Å². The number of anilines is 1. The lowest BCUT2D eigenvalue weighted by Gasteiger charge is -2.02. The number of carbonyl (C=O) groups excluding carboxylic acids is 1. The summed E-state index contributed by atoms with van der Waals surface area (Å²) in [6.45, 7) is 4.09. The molecular weight excluding hydrogens is 270 g/mol. The number of benzene rings is 1. The number of hydrogen-bond donors (Lipinski definition) is 1. The van der Waals surface area contributed by atoms with E-state index in [1.54, 1.807) is 0 Å². The standard InChI is InChI=1S/C15H19N3OS/c1-3-14-17-18-15(20-14)16-13(19)6-4-5-12-9-7-11(2)8-10-12/h7-10H,3-6H2,1-2H3,(H,16,18,19). The minimum absolute atomic E-state index is 0.0101. The molecule has 1 N–H and O–H groups in total. The van der Waals surface area contributed by atoms with Crippen LogP contribution < -0.4 is 5.32 Å². The molecule has 0 aliphatic rings. The molecule has 0 bridgehead atoms. The molecule has 2 rings (SSSR count). The molecule has 5 heteroatoms. The number of aryl methyl sites for hydroxylation is 3. The van der Waals surface area contributed by atoms with Crippen LogP contribution in [0.2, 0.25) is 0 Å². The zero-order valence-electron chi connectivity index (χ0n) is 11.8. The molecule has 0 aliphatic heterocycles. The fraction of sp³-hybridized carbons (Fsp3) is 0.400. The van der Waals surface area contributed by atoms with E-state index in [4.69, 9.17) is 0 Å². The smallest absolute Gasteiger partial charge is 0.226 e. The third-order valence-corrected chi connectivity index (χ3v) is 3.99. The Labute approximate surface area is 123 Å². The van der Waals surface area contributed by atoms with Crippen LogP contribution >= 0.6 is 11.3 Å². The van der Waals surface area contributed by atoms with Crippen molar-refractivity contribution >= 4 is 22.4 Å². The molecule has 4 nitrogen and oxygen atoms in total. The van der Waals surface area contributed by atoms with Gasteiger partial charge in [-0.05, 0) is 31.7 Å². The Balaban J connectivity index is 1.73. The van der Waals surface area contributed by atoms with Crippen molar-refractivity contribution in [2.45, 2.75) is 39.5 Å². The van der Waals surface area contributed by atoms with Gasteiger partial charge >= 0.3 is 0 Å². The summed E-state index contributed by atoms with van der Waals surface area (Å²) in [5, 5.41) is 12.3. The van der Waals surface area contributed by atoms with Crippen LogP contribution in [0, 0.1) is 6.92 Å². The molecule has 1 aromatic heterocycles. The van der Waals surface area contributed by atoms with Crippen LogP contribution in [0.1, 0.15) is 35.9 Å². The summed E-state index contributed by atoms with van der Waals surface area (Å²) in [5.41, 5.74) is 2.53. The van der Waals surface area contributed by atoms with Gasteiger partial charge in [0.2, 0.25) is 11.0 Å². The van der Waals surface area contributed by atoms with Gasteiger partial charge in [-0.25, -0.2) is 0 Å². The minimum Gasteiger partial charge on any atom is -0.301 e. The summed E-state index contributed by atoms with van der Waals surface area (Å²) in [6, 6.07) is 8.43. The third-order valence-electron chi connectivity index (χ3n) is 3.01. The van der Waals surface area contributed by atoms with E-state index in [0.29, 0.717) is 11.6 Å². The van der Waals surface area contributed by atoms with E-state index in [2.05, 4.69) is 46.7 Å². The molecule has 0 aliphatic carbocycles. The second kappa shape index (κ2) is 7.14. The van der Waals surface area contributed by atoms with Gasteiger partial charge in [-0.1, -0.05) is 48.1 Å². The Morgan fingerprint density at radius 3 is 2.65 bits per heavy atom. The van der Waals surface area contributed by atoms with Gasteiger partial charge in [-0.15, -0.1) is 10.2 Å². The van der Waals surface area contributed by atoms with Crippen molar-refractivity contribution in [2.24, 2.45) is 0 Å². The van der Waals surface area contributed by atoms with Crippen LogP contribution in [-0.4, -0.2) is 16.1 Å². The van der Waals surface area contributed by atoms with Crippen molar-refractivity contribution in [3.8, 4) is 0 Å².